The molecule has 1 aliphatic rings. The van der Waals surface area contributed by atoms with Crippen LogP contribution in [0.4, 0.5) is 4.39 Å². The number of aromatic nitrogens is 2. The number of hydrogen-bond donors (Lipinski definition) is 1. The first kappa shape index (κ1) is 19.8. The molecule has 0 atom stereocenters. The number of aromatic amines is 1. The van der Waals surface area contributed by atoms with E-state index in [9.17, 15) is 17.6 Å². The normalized spacial score (nSPS) is 17.0. The van der Waals surface area contributed by atoms with Gasteiger partial charge in [0, 0.05) is 24.7 Å². The molecule has 1 amide bonds. The van der Waals surface area contributed by atoms with Crippen molar-refractivity contribution in [3.8, 4) is 0 Å². The summed E-state index contributed by atoms with van der Waals surface area (Å²) in [6, 6.07) is 7.76. The summed E-state index contributed by atoms with van der Waals surface area (Å²) in [6.45, 7) is 0.516. The predicted molar refractivity (Wildman–Crippen MR) is 101 cm³/mol. The Morgan fingerprint density at radius 3 is 2.63 bits per heavy atom. The summed E-state index contributed by atoms with van der Waals surface area (Å²) >= 11 is 5.79. The number of nitrogens with one attached hydrogen (secondary N) is 1. The van der Waals surface area contributed by atoms with Gasteiger partial charge < -0.3 is 4.90 Å². The van der Waals surface area contributed by atoms with Crippen molar-refractivity contribution in [3.63, 3.8) is 0 Å². The molecular weight excluding hydrogens is 393 g/mol. The Labute approximate surface area is 162 Å². The van der Waals surface area contributed by atoms with E-state index in [1.165, 1.54) is 12.1 Å². The number of amides is 1. The topological polar surface area (TPSA) is 83.1 Å². The van der Waals surface area contributed by atoms with E-state index in [1.807, 2.05) is 0 Å². The van der Waals surface area contributed by atoms with E-state index >= 15 is 0 Å². The summed E-state index contributed by atoms with van der Waals surface area (Å²) in [5, 5.41) is 6.53. The Bertz CT molecular complexity index is 902. The van der Waals surface area contributed by atoms with Crippen molar-refractivity contribution in [1.82, 2.24) is 15.1 Å². The van der Waals surface area contributed by atoms with Gasteiger partial charge in [0.15, 0.2) is 5.15 Å². The maximum atomic E-state index is 14.1. The minimum Gasteiger partial charge on any atom is -0.333 e. The van der Waals surface area contributed by atoms with Crippen molar-refractivity contribution < 1.29 is 17.6 Å². The number of nitrogens with zero attached hydrogens (tertiary/aromatic N) is 2. The molecule has 1 saturated heterocycles. The van der Waals surface area contributed by atoms with Crippen LogP contribution in [0.3, 0.4) is 0 Å². The van der Waals surface area contributed by atoms with Gasteiger partial charge in [-0.15, -0.1) is 0 Å². The zero-order chi connectivity index (χ0) is 19.4. The SMILES string of the molecule is O=C(c1cc(Cl)n[nH]1)N(CCC1CCS(=O)(=O)CC1)Cc1ccccc1F. The molecule has 1 aromatic heterocycles. The fraction of sp³-hybridized carbons (Fsp3) is 0.444. The molecule has 2 heterocycles. The Morgan fingerprint density at radius 2 is 2.00 bits per heavy atom. The standard InChI is InChI=1S/C18H21ClFN3O3S/c19-17-11-16(21-22-17)18(24)23(12-14-3-1-2-4-15(14)20)8-5-13-6-9-27(25,26)10-7-13/h1-4,11,13H,5-10,12H2,(H,21,22). The minimum atomic E-state index is -2.92. The van der Waals surface area contributed by atoms with Crippen LogP contribution in [0.1, 0.15) is 35.3 Å². The number of carbonyl (C=O) groups is 1. The smallest absolute Gasteiger partial charge is 0.272 e. The van der Waals surface area contributed by atoms with Gasteiger partial charge in [-0.2, -0.15) is 5.10 Å². The highest BCUT2D eigenvalue weighted by molar-refractivity contribution is 7.91. The van der Waals surface area contributed by atoms with Crippen LogP contribution in [0.15, 0.2) is 30.3 Å². The van der Waals surface area contributed by atoms with Crippen LogP contribution in [0.2, 0.25) is 5.15 Å². The molecule has 1 fully saturated rings. The quantitative estimate of drug-likeness (QED) is 0.788. The molecule has 0 unspecified atom stereocenters. The molecule has 0 aliphatic carbocycles. The molecule has 0 bridgehead atoms. The van der Waals surface area contributed by atoms with Crippen LogP contribution >= 0.6 is 11.6 Å². The minimum absolute atomic E-state index is 0.118. The summed E-state index contributed by atoms with van der Waals surface area (Å²) < 4.78 is 37.2. The van der Waals surface area contributed by atoms with Crippen molar-refractivity contribution in [1.29, 1.82) is 0 Å². The molecule has 2 aromatic rings. The summed E-state index contributed by atoms with van der Waals surface area (Å²) in [5.74, 6) is -0.0814. The monoisotopic (exact) mass is 413 g/mol. The molecule has 9 heteroatoms. The molecule has 1 N–H and O–H groups in total. The molecule has 0 spiro atoms. The zero-order valence-electron chi connectivity index (χ0n) is 14.7. The molecule has 1 aromatic carbocycles. The average Bonchev–Trinajstić information content (AvgIpc) is 3.07. The largest absolute Gasteiger partial charge is 0.333 e. The van der Waals surface area contributed by atoms with E-state index in [1.54, 1.807) is 23.1 Å². The van der Waals surface area contributed by atoms with Gasteiger partial charge in [-0.25, -0.2) is 12.8 Å². The van der Waals surface area contributed by atoms with Crippen molar-refractivity contribution in [3.05, 3.63) is 52.6 Å². The second-order valence-electron chi connectivity index (χ2n) is 6.81. The highest BCUT2D eigenvalue weighted by Crippen LogP contribution is 2.23. The molecule has 0 radical (unpaired) electrons. The number of carbonyl (C=O) groups excluding carboxylic acids is 1. The molecule has 0 saturated carbocycles. The maximum Gasteiger partial charge on any atom is 0.272 e. The van der Waals surface area contributed by atoms with Crippen LogP contribution < -0.4 is 0 Å². The van der Waals surface area contributed by atoms with E-state index in [4.69, 9.17) is 11.6 Å². The van der Waals surface area contributed by atoms with Gasteiger partial charge in [-0.3, -0.25) is 9.89 Å². The zero-order valence-corrected chi connectivity index (χ0v) is 16.3. The van der Waals surface area contributed by atoms with E-state index in [0.717, 1.165) is 0 Å². The lowest BCUT2D eigenvalue weighted by molar-refractivity contribution is 0.0724. The fourth-order valence-corrected chi connectivity index (χ4v) is 4.97. The maximum absolute atomic E-state index is 14.1. The summed E-state index contributed by atoms with van der Waals surface area (Å²) in [5.41, 5.74) is 0.658. The van der Waals surface area contributed by atoms with Crippen molar-refractivity contribution in [2.24, 2.45) is 5.92 Å². The van der Waals surface area contributed by atoms with E-state index in [0.29, 0.717) is 31.4 Å². The molecule has 1 aliphatic heterocycles. The van der Waals surface area contributed by atoms with E-state index in [2.05, 4.69) is 10.2 Å². The van der Waals surface area contributed by atoms with Crippen molar-refractivity contribution in [2.75, 3.05) is 18.1 Å². The fourth-order valence-electron chi connectivity index (χ4n) is 3.23. The first-order chi connectivity index (χ1) is 12.8. The third-order valence-corrected chi connectivity index (χ3v) is 6.77. The van der Waals surface area contributed by atoms with Gasteiger partial charge >= 0.3 is 0 Å². The summed E-state index contributed by atoms with van der Waals surface area (Å²) in [4.78, 5) is 14.4. The van der Waals surface area contributed by atoms with Gasteiger partial charge in [0.05, 0.1) is 11.5 Å². The molecular formula is C18H21ClFN3O3S. The Hall–Kier alpha value is -1.93. The van der Waals surface area contributed by atoms with Crippen molar-refractivity contribution in [2.45, 2.75) is 25.8 Å². The third kappa shape index (κ3) is 5.29. The number of rotatable bonds is 6. The van der Waals surface area contributed by atoms with Crippen molar-refractivity contribution >= 4 is 27.3 Å². The predicted octanol–water partition coefficient (Wildman–Crippen LogP) is 3.06. The highest BCUT2D eigenvalue weighted by Gasteiger charge is 2.26. The van der Waals surface area contributed by atoms with Gasteiger partial charge in [0.1, 0.15) is 21.3 Å². The Morgan fingerprint density at radius 1 is 1.30 bits per heavy atom. The van der Waals surface area contributed by atoms with Gasteiger partial charge in [0.2, 0.25) is 0 Å². The number of benzene rings is 1. The van der Waals surface area contributed by atoms with Gasteiger partial charge in [-0.1, -0.05) is 29.8 Å². The first-order valence-corrected chi connectivity index (χ1v) is 11.0. The number of H-pyrrole nitrogens is 1. The molecule has 146 valence electrons. The number of sulfone groups is 1. The average molecular weight is 414 g/mol. The second-order valence-corrected chi connectivity index (χ2v) is 9.50. The first-order valence-electron chi connectivity index (χ1n) is 8.78. The van der Waals surface area contributed by atoms with E-state index in [-0.39, 0.29) is 46.5 Å². The van der Waals surface area contributed by atoms with Crippen LogP contribution in [0, 0.1) is 11.7 Å². The summed E-state index contributed by atoms with van der Waals surface area (Å²) in [6.07, 6.45) is 1.86. The van der Waals surface area contributed by atoms with Crippen LogP contribution in [0.25, 0.3) is 0 Å². The highest BCUT2D eigenvalue weighted by atomic mass is 35.5. The second kappa shape index (κ2) is 8.39. The lowest BCUT2D eigenvalue weighted by atomic mass is 9.98. The molecule has 27 heavy (non-hydrogen) atoms. The number of halogens is 2. The molecule has 3 rings (SSSR count). The lowest BCUT2D eigenvalue weighted by Crippen LogP contribution is -2.34. The number of hydrogen-bond acceptors (Lipinski definition) is 4. The van der Waals surface area contributed by atoms with E-state index < -0.39 is 9.84 Å². The van der Waals surface area contributed by atoms with Gasteiger partial charge in [0.25, 0.3) is 5.91 Å². The van der Waals surface area contributed by atoms with Crippen LogP contribution in [0.5, 0.6) is 0 Å². The Kier molecular flexibility index (Phi) is 6.16. The van der Waals surface area contributed by atoms with Gasteiger partial charge in [-0.05, 0) is 31.2 Å². The van der Waals surface area contributed by atoms with Crippen LogP contribution in [-0.2, 0) is 16.4 Å². The Balaban J connectivity index is 1.71. The molecule has 6 nitrogen and oxygen atoms in total. The summed E-state index contributed by atoms with van der Waals surface area (Å²) in [7, 11) is -2.92. The van der Waals surface area contributed by atoms with Crippen LogP contribution in [-0.4, -0.2) is 47.5 Å². The lowest BCUT2D eigenvalue weighted by Gasteiger charge is -2.27. The third-order valence-electron chi connectivity index (χ3n) is 4.86.